The molecule has 3 heterocycles. The van der Waals surface area contributed by atoms with Crippen molar-refractivity contribution in [1.82, 2.24) is 15.1 Å². The zero-order chi connectivity index (χ0) is 21.9. The summed E-state index contributed by atoms with van der Waals surface area (Å²) >= 11 is 0. The van der Waals surface area contributed by atoms with Crippen LogP contribution in [0.2, 0.25) is 0 Å². The lowest BCUT2D eigenvalue weighted by Crippen LogP contribution is -2.25. The zero-order valence-corrected chi connectivity index (χ0v) is 18.5. The van der Waals surface area contributed by atoms with E-state index in [-0.39, 0.29) is 0 Å². The Balaban J connectivity index is 1.01. The van der Waals surface area contributed by atoms with E-state index in [1.165, 1.54) is 19.1 Å². The molecule has 32 heavy (non-hydrogen) atoms. The number of fused-ring (bicyclic) bond motifs is 1. The molecule has 6 rings (SSSR count). The van der Waals surface area contributed by atoms with Crippen LogP contribution in [-0.2, 0) is 9.84 Å². The first kappa shape index (κ1) is 19.7. The molecule has 2 aromatic heterocycles. The van der Waals surface area contributed by atoms with Gasteiger partial charge in [0.1, 0.15) is 5.75 Å². The third kappa shape index (κ3) is 3.74. The normalized spacial score (nSPS) is 24.4. The van der Waals surface area contributed by atoms with Gasteiger partial charge in [0.25, 0.3) is 0 Å². The molecule has 9 heteroatoms. The Bertz CT molecular complexity index is 1220. The average Bonchev–Trinajstić information content (AvgIpc) is 3.64. The van der Waals surface area contributed by atoms with Crippen LogP contribution < -0.4 is 9.64 Å². The molecule has 0 N–H and O–H groups in total. The summed E-state index contributed by atoms with van der Waals surface area (Å²) in [5.74, 6) is 3.91. The van der Waals surface area contributed by atoms with E-state index in [0.717, 1.165) is 35.9 Å². The van der Waals surface area contributed by atoms with Gasteiger partial charge in [0.2, 0.25) is 0 Å². The van der Waals surface area contributed by atoms with E-state index in [2.05, 4.69) is 20.0 Å². The third-order valence-electron chi connectivity index (χ3n) is 6.77. The summed E-state index contributed by atoms with van der Waals surface area (Å²) in [7, 11) is -3.20. The number of hydrogen-bond donors (Lipinski definition) is 0. The lowest BCUT2D eigenvalue weighted by Gasteiger charge is -2.16. The standard InChI is InChI=1S/C23H24N4O4S/c1-32(28,29)17-7-4-14(5-8-17)21-9-6-16(10-24-21)30-13-20-18-11-27(12-19(18)20)23-25-22(26-31-23)15-2-3-15/h4-10,15,18-20H,2-3,11-13H2,1H3. The van der Waals surface area contributed by atoms with Crippen molar-refractivity contribution in [2.45, 2.75) is 23.7 Å². The molecular formula is C23H24N4O4S. The number of ether oxygens (including phenoxy) is 1. The maximum absolute atomic E-state index is 11.6. The van der Waals surface area contributed by atoms with E-state index in [9.17, 15) is 8.42 Å². The first-order valence-corrected chi connectivity index (χ1v) is 12.8. The van der Waals surface area contributed by atoms with E-state index in [1.54, 1.807) is 30.5 Å². The smallest absolute Gasteiger partial charge is 0.324 e. The molecule has 0 radical (unpaired) electrons. The minimum Gasteiger partial charge on any atom is -0.492 e. The second-order valence-corrected chi connectivity index (χ2v) is 11.1. The molecular weight excluding hydrogens is 428 g/mol. The zero-order valence-electron chi connectivity index (χ0n) is 17.7. The van der Waals surface area contributed by atoms with E-state index < -0.39 is 9.84 Å². The van der Waals surface area contributed by atoms with E-state index >= 15 is 0 Å². The molecule has 166 valence electrons. The van der Waals surface area contributed by atoms with Gasteiger partial charge in [-0.25, -0.2) is 8.42 Å². The van der Waals surface area contributed by atoms with Gasteiger partial charge in [-0.15, -0.1) is 0 Å². The van der Waals surface area contributed by atoms with Crippen molar-refractivity contribution in [2.24, 2.45) is 17.8 Å². The van der Waals surface area contributed by atoms with Crippen molar-refractivity contribution < 1.29 is 17.7 Å². The van der Waals surface area contributed by atoms with Gasteiger partial charge in [-0.3, -0.25) is 4.98 Å². The second kappa shape index (κ2) is 7.30. The molecule has 3 fully saturated rings. The summed E-state index contributed by atoms with van der Waals surface area (Å²) in [6, 6.07) is 11.2. The minimum absolute atomic E-state index is 0.303. The molecule has 0 spiro atoms. The minimum atomic E-state index is -3.20. The quantitative estimate of drug-likeness (QED) is 0.539. The monoisotopic (exact) mass is 452 g/mol. The van der Waals surface area contributed by atoms with E-state index in [1.807, 2.05) is 12.1 Å². The van der Waals surface area contributed by atoms with Gasteiger partial charge in [0, 0.05) is 36.7 Å². The molecule has 2 saturated carbocycles. The second-order valence-electron chi connectivity index (χ2n) is 9.09. The SMILES string of the molecule is CS(=O)(=O)c1ccc(-c2ccc(OCC3C4CN(c5nc(C6CC6)no5)CC34)cn2)cc1. The van der Waals surface area contributed by atoms with Gasteiger partial charge >= 0.3 is 6.01 Å². The summed E-state index contributed by atoms with van der Waals surface area (Å²) < 4.78 is 34.6. The lowest BCUT2D eigenvalue weighted by molar-refractivity contribution is 0.281. The predicted molar refractivity (Wildman–Crippen MR) is 117 cm³/mol. The molecule has 2 aliphatic carbocycles. The highest BCUT2D eigenvalue weighted by Gasteiger charge is 2.56. The fourth-order valence-corrected chi connectivity index (χ4v) is 5.25. The Morgan fingerprint density at radius 3 is 2.47 bits per heavy atom. The predicted octanol–water partition coefficient (Wildman–Crippen LogP) is 3.17. The number of hydrogen-bond acceptors (Lipinski definition) is 8. The van der Waals surface area contributed by atoms with Crippen molar-refractivity contribution >= 4 is 15.9 Å². The number of nitrogens with zero attached hydrogens (tertiary/aromatic N) is 4. The number of sulfone groups is 1. The van der Waals surface area contributed by atoms with Gasteiger partial charge in [0.05, 0.1) is 23.4 Å². The molecule has 1 aliphatic heterocycles. The third-order valence-corrected chi connectivity index (χ3v) is 7.90. The van der Waals surface area contributed by atoms with Crippen LogP contribution in [0.4, 0.5) is 6.01 Å². The number of piperidine rings is 1. The van der Waals surface area contributed by atoms with Crippen LogP contribution in [0.5, 0.6) is 5.75 Å². The molecule has 2 unspecified atom stereocenters. The highest BCUT2D eigenvalue weighted by Crippen LogP contribution is 2.52. The number of rotatable bonds is 7. The maximum atomic E-state index is 11.6. The van der Waals surface area contributed by atoms with Crippen LogP contribution in [0.3, 0.4) is 0 Å². The van der Waals surface area contributed by atoms with Crippen LogP contribution >= 0.6 is 0 Å². The Morgan fingerprint density at radius 1 is 1.09 bits per heavy atom. The molecule has 1 saturated heterocycles. The Labute approximate surface area is 186 Å². The number of pyridine rings is 1. The highest BCUT2D eigenvalue weighted by atomic mass is 32.2. The van der Waals surface area contributed by atoms with Crippen LogP contribution in [0.1, 0.15) is 24.6 Å². The first-order chi connectivity index (χ1) is 15.5. The van der Waals surface area contributed by atoms with Gasteiger partial charge in [-0.1, -0.05) is 17.3 Å². The molecule has 0 bridgehead atoms. The van der Waals surface area contributed by atoms with Gasteiger partial charge in [0.15, 0.2) is 15.7 Å². The van der Waals surface area contributed by atoms with Crippen LogP contribution in [0.15, 0.2) is 52.0 Å². The summed E-state index contributed by atoms with van der Waals surface area (Å²) in [5, 5.41) is 4.12. The summed E-state index contributed by atoms with van der Waals surface area (Å²) in [5.41, 5.74) is 1.65. The van der Waals surface area contributed by atoms with Gasteiger partial charge in [-0.05, 0) is 48.9 Å². The highest BCUT2D eigenvalue weighted by molar-refractivity contribution is 7.90. The Hall–Kier alpha value is -2.94. The largest absolute Gasteiger partial charge is 0.492 e. The van der Waals surface area contributed by atoms with Crippen molar-refractivity contribution in [3.63, 3.8) is 0 Å². The topological polar surface area (TPSA) is 98.4 Å². The maximum Gasteiger partial charge on any atom is 0.324 e. The number of anilines is 1. The summed E-state index contributed by atoms with van der Waals surface area (Å²) in [6.45, 7) is 2.59. The number of aromatic nitrogens is 3. The first-order valence-electron chi connectivity index (χ1n) is 10.9. The fraction of sp³-hybridized carbons (Fsp3) is 0.435. The molecule has 1 aromatic carbocycles. The van der Waals surface area contributed by atoms with Crippen LogP contribution in [0, 0.1) is 17.8 Å². The van der Waals surface area contributed by atoms with E-state index in [0.29, 0.717) is 41.2 Å². The molecule has 2 atom stereocenters. The van der Waals surface area contributed by atoms with Gasteiger partial charge < -0.3 is 14.2 Å². The van der Waals surface area contributed by atoms with Crippen molar-refractivity contribution in [2.75, 3.05) is 30.9 Å². The lowest BCUT2D eigenvalue weighted by atomic mass is 10.1. The fourth-order valence-electron chi connectivity index (χ4n) is 4.62. The molecule has 3 aromatic rings. The average molecular weight is 453 g/mol. The molecule has 0 amide bonds. The van der Waals surface area contributed by atoms with Crippen molar-refractivity contribution in [1.29, 1.82) is 0 Å². The summed E-state index contributed by atoms with van der Waals surface area (Å²) in [4.78, 5) is 11.5. The Morgan fingerprint density at radius 2 is 1.84 bits per heavy atom. The van der Waals surface area contributed by atoms with Crippen LogP contribution in [-0.4, -0.2) is 49.5 Å². The van der Waals surface area contributed by atoms with Gasteiger partial charge in [-0.2, -0.15) is 4.98 Å². The van der Waals surface area contributed by atoms with E-state index in [4.69, 9.17) is 9.26 Å². The molecule has 3 aliphatic rings. The van der Waals surface area contributed by atoms with Crippen molar-refractivity contribution in [3.8, 4) is 17.0 Å². The summed E-state index contributed by atoms with van der Waals surface area (Å²) in [6.07, 6.45) is 5.28. The number of benzene rings is 1. The van der Waals surface area contributed by atoms with Crippen LogP contribution in [0.25, 0.3) is 11.3 Å². The Kier molecular flexibility index (Phi) is 4.50. The molecule has 8 nitrogen and oxygen atoms in total. The van der Waals surface area contributed by atoms with Crippen molar-refractivity contribution in [3.05, 3.63) is 48.4 Å².